The van der Waals surface area contributed by atoms with E-state index < -0.39 is 16.9 Å². The first-order chi connectivity index (χ1) is 10.7. The number of fused-ring (bicyclic) bond motifs is 1. The van der Waals surface area contributed by atoms with Gasteiger partial charge in [0.05, 0.1) is 18.1 Å². The lowest BCUT2D eigenvalue weighted by Gasteiger charge is -2.28. The molecule has 0 fully saturated rings. The lowest BCUT2D eigenvalue weighted by molar-refractivity contribution is -0.153. The molecule has 1 atom stereocenters. The lowest BCUT2D eigenvalue weighted by Crippen LogP contribution is -2.49. The molecule has 0 amide bonds. The van der Waals surface area contributed by atoms with Gasteiger partial charge in [-0.05, 0) is 38.8 Å². The number of benzene rings is 1. The third kappa shape index (κ3) is 3.62. The molecular formula is C18H24N2O3. The smallest absolute Gasteiger partial charge is 0.311 e. The van der Waals surface area contributed by atoms with Crippen molar-refractivity contribution in [3.8, 4) is 0 Å². The van der Waals surface area contributed by atoms with E-state index in [9.17, 15) is 9.59 Å². The van der Waals surface area contributed by atoms with Crippen LogP contribution in [0.4, 0.5) is 0 Å². The number of rotatable bonds is 6. The Labute approximate surface area is 136 Å². The molecule has 0 saturated heterocycles. The van der Waals surface area contributed by atoms with Crippen LogP contribution in [0.3, 0.4) is 0 Å². The van der Waals surface area contributed by atoms with Crippen LogP contribution in [0, 0.1) is 5.41 Å². The third-order valence-corrected chi connectivity index (χ3v) is 4.21. The summed E-state index contributed by atoms with van der Waals surface area (Å²) in [6.45, 7) is 5.10. The zero-order valence-corrected chi connectivity index (χ0v) is 14.1. The highest BCUT2D eigenvalue weighted by Gasteiger charge is 2.38. The molecule has 0 aliphatic heterocycles. The Morgan fingerprint density at radius 3 is 2.52 bits per heavy atom. The van der Waals surface area contributed by atoms with E-state index in [0.717, 1.165) is 16.5 Å². The number of H-pyrrole nitrogens is 1. The van der Waals surface area contributed by atoms with Crippen molar-refractivity contribution < 1.29 is 14.3 Å². The van der Waals surface area contributed by atoms with Crippen molar-refractivity contribution in [3.05, 3.63) is 36.0 Å². The summed E-state index contributed by atoms with van der Waals surface area (Å²) in [5.74, 6) is -0.563. The number of esters is 1. The number of hydrogen-bond acceptors (Lipinski definition) is 4. The van der Waals surface area contributed by atoms with Gasteiger partial charge in [0.15, 0.2) is 5.78 Å². The molecule has 1 aromatic carbocycles. The topological polar surface area (TPSA) is 85.2 Å². The molecule has 0 aliphatic carbocycles. The highest BCUT2D eigenvalue weighted by Crippen LogP contribution is 2.28. The molecule has 23 heavy (non-hydrogen) atoms. The first-order valence-corrected chi connectivity index (χ1v) is 7.63. The van der Waals surface area contributed by atoms with E-state index in [1.165, 1.54) is 7.11 Å². The van der Waals surface area contributed by atoms with Crippen molar-refractivity contribution in [2.75, 3.05) is 7.11 Å². The van der Waals surface area contributed by atoms with E-state index in [0.29, 0.717) is 6.42 Å². The molecular weight excluding hydrogens is 292 g/mol. The summed E-state index contributed by atoms with van der Waals surface area (Å²) in [6, 6.07) is 7.89. The maximum atomic E-state index is 12.6. The number of carbonyl (C=O) groups excluding carboxylic acids is 2. The number of ether oxygens (including phenoxy) is 1. The number of ketones is 1. The van der Waals surface area contributed by atoms with Crippen molar-refractivity contribution in [3.63, 3.8) is 0 Å². The van der Waals surface area contributed by atoms with Crippen LogP contribution in [0.1, 0.15) is 32.8 Å². The molecule has 2 aromatic rings. The van der Waals surface area contributed by atoms with Gasteiger partial charge < -0.3 is 15.5 Å². The number of aromatic nitrogens is 1. The molecule has 3 N–H and O–H groups in total. The van der Waals surface area contributed by atoms with E-state index in [4.69, 9.17) is 10.5 Å². The van der Waals surface area contributed by atoms with Crippen molar-refractivity contribution in [1.29, 1.82) is 0 Å². The van der Waals surface area contributed by atoms with Gasteiger partial charge in [0.1, 0.15) is 0 Å². The number of para-hydroxylation sites is 1. The van der Waals surface area contributed by atoms with E-state index in [2.05, 4.69) is 4.98 Å². The first kappa shape index (κ1) is 17.2. The zero-order chi connectivity index (χ0) is 17.3. The van der Waals surface area contributed by atoms with E-state index in [1.54, 1.807) is 20.8 Å². The second-order valence-corrected chi connectivity index (χ2v) is 6.93. The Kier molecular flexibility index (Phi) is 4.61. The molecule has 124 valence electrons. The second kappa shape index (κ2) is 6.16. The molecule has 2 rings (SSSR count). The largest absolute Gasteiger partial charge is 0.469 e. The van der Waals surface area contributed by atoms with Crippen LogP contribution in [0.2, 0.25) is 0 Å². The standard InChI is InChI=1S/C18H24N2O3/c1-17(2,16(22)23-4)10-15(21)18(3,19)9-12-11-20-14-8-6-5-7-13(12)14/h5-8,11,20H,9-10,19H2,1-4H3. The van der Waals surface area contributed by atoms with E-state index >= 15 is 0 Å². The van der Waals surface area contributed by atoms with Crippen LogP contribution in [0.25, 0.3) is 10.9 Å². The summed E-state index contributed by atoms with van der Waals surface area (Å²) in [4.78, 5) is 27.6. The predicted octanol–water partition coefficient (Wildman–Crippen LogP) is 2.59. The molecule has 5 heteroatoms. The summed E-state index contributed by atoms with van der Waals surface area (Å²) in [7, 11) is 1.32. The molecule has 1 unspecified atom stereocenters. The highest BCUT2D eigenvalue weighted by molar-refractivity contribution is 5.93. The van der Waals surface area contributed by atoms with Crippen molar-refractivity contribution >= 4 is 22.7 Å². The number of carbonyl (C=O) groups is 2. The molecule has 5 nitrogen and oxygen atoms in total. The summed E-state index contributed by atoms with van der Waals surface area (Å²) < 4.78 is 4.76. The van der Waals surface area contributed by atoms with Gasteiger partial charge in [-0.25, -0.2) is 0 Å². The Morgan fingerprint density at radius 1 is 1.22 bits per heavy atom. The van der Waals surface area contributed by atoms with Gasteiger partial charge in [0.25, 0.3) is 0 Å². The third-order valence-electron chi connectivity index (χ3n) is 4.21. The molecule has 0 bridgehead atoms. The van der Waals surface area contributed by atoms with Gasteiger partial charge in [-0.1, -0.05) is 18.2 Å². The number of Topliss-reactive ketones (excluding diaryl/α,β-unsaturated/α-hetero) is 1. The molecule has 0 spiro atoms. The monoisotopic (exact) mass is 316 g/mol. The van der Waals surface area contributed by atoms with Crippen LogP contribution in [0.5, 0.6) is 0 Å². The summed E-state index contributed by atoms with van der Waals surface area (Å²) in [5, 5.41) is 1.06. The summed E-state index contributed by atoms with van der Waals surface area (Å²) in [6.07, 6.45) is 2.34. The lowest BCUT2D eigenvalue weighted by atomic mass is 9.79. The fraction of sp³-hybridized carbons (Fsp3) is 0.444. The van der Waals surface area contributed by atoms with Gasteiger partial charge in [-0.15, -0.1) is 0 Å². The maximum Gasteiger partial charge on any atom is 0.311 e. The average Bonchev–Trinajstić information content (AvgIpc) is 2.88. The summed E-state index contributed by atoms with van der Waals surface area (Å²) >= 11 is 0. The molecule has 1 aromatic heterocycles. The molecule has 0 saturated carbocycles. The second-order valence-electron chi connectivity index (χ2n) is 6.93. The fourth-order valence-electron chi connectivity index (χ4n) is 2.72. The average molecular weight is 316 g/mol. The van der Waals surface area contributed by atoms with Crippen LogP contribution < -0.4 is 5.73 Å². The Hall–Kier alpha value is -2.14. The zero-order valence-electron chi connectivity index (χ0n) is 14.1. The number of methoxy groups -OCH3 is 1. The van der Waals surface area contributed by atoms with E-state index in [-0.39, 0.29) is 12.2 Å². The number of hydrogen-bond donors (Lipinski definition) is 2. The van der Waals surface area contributed by atoms with Crippen molar-refractivity contribution in [2.45, 2.75) is 39.2 Å². The van der Waals surface area contributed by atoms with Gasteiger partial charge in [-0.2, -0.15) is 0 Å². The van der Waals surface area contributed by atoms with E-state index in [1.807, 2.05) is 30.5 Å². The van der Waals surface area contributed by atoms with Gasteiger partial charge in [0, 0.05) is 23.5 Å². The quantitative estimate of drug-likeness (QED) is 0.802. The van der Waals surface area contributed by atoms with Crippen molar-refractivity contribution in [1.82, 2.24) is 4.98 Å². The number of nitrogens with two attached hydrogens (primary N) is 1. The van der Waals surface area contributed by atoms with Crippen LogP contribution in [0.15, 0.2) is 30.5 Å². The van der Waals surface area contributed by atoms with Gasteiger partial charge in [-0.3, -0.25) is 9.59 Å². The maximum absolute atomic E-state index is 12.6. The van der Waals surface area contributed by atoms with Crippen molar-refractivity contribution in [2.24, 2.45) is 11.1 Å². The Bertz CT molecular complexity index is 729. The highest BCUT2D eigenvalue weighted by atomic mass is 16.5. The minimum atomic E-state index is -1.05. The van der Waals surface area contributed by atoms with Crippen LogP contribution in [-0.4, -0.2) is 29.4 Å². The first-order valence-electron chi connectivity index (χ1n) is 7.63. The fourth-order valence-corrected chi connectivity index (χ4v) is 2.72. The van der Waals surface area contributed by atoms with Crippen LogP contribution in [-0.2, 0) is 20.7 Å². The predicted molar refractivity (Wildman–Crippen MR) is 90.0 cm³/mol. The minimum absolute atomic E-state index is 0.0506. The Morgan fingerprint density at radius 2 is 1.87 bits per heavy atom. The normalized spacial score (nSPS) is 14.5. The minimum Gasteiger partial charge on any atom is -0.469 e. The summed E-state index contributed by atoms with van der Waals surface area (Å²) in [5.41, 5.74) is 6.36. The van der Waals surface area contributed by atoms with Crippen LogP contribution >= 0.6 is 0 Å². The molecule has 0 radical (unpaired) electrons. The number of nitrogens with one attached hydrogen (secondary N) is 1. The number of aromatic amines is 1. The molecule has 0 aliphatic rings. The Balaban J connectivity index is 2.18. The molecule has 1 heterocycles. The van der Waals surface area contributed by atoms with Gasteiger partial charge >= 0.3 is 5.97 Å². The van der Waals surface area contributed by atoms with Gasteiger partial charge in [0.2, 0.25) is 0 Å². The SMILES string of the molecule is COC(=O)C(C)(C)CC(=O)C(C)(N)Cc1c[nH]c2ccccc12.